The number of carbonyl (C=O) groups is 1. The van der Waals surface area contributed by atoms with E-state index in [-0.39, 0.29) is 17.4 Å². The third kappa shape index (κ3) is 5.17. The summed E-state index contributed by atoms with van der Waals surface area (Å²) in [4.78, 5) is 19.0. The number of benzene rings is 1. The minimum absolute atomic E-state index is 0.0625. The lowest BCUT2D eigenvalue weighted by molar-refractivity contribution is -0.128. The summed E-state index contributed by atoms with van der Waals surface area (Å²) in [5.41, 5.74) is 1.84. The van der Waals surface area contributed by atoms with Gasteiger partial charge in [-0.3, -0.25) is 4.79 Å². The minimum atomic E-state index is -0.370. The van der Waals surface area contributed by atoms with E-state index in [1.54, 1.807) is 22.7 Å². The van der Waals surface area contributed by atoms with Crippen molar-refractivity contribution in [3.63, 3.8) is 0 Å². The number of rotatable bonds is 6. The highest BCUT2D eigenvalue weighted by Crippen LogP contribution is 2.32. The van der Waals surface area contributed by atoms with Gasteiger partial charge in [-0.1, -0.05) is 51.1 Å². The SMILES string of the molecule is C[C@H](Nc1nc(-c2ccc(CNC(=O)C(C)(C)C)s2)cs1)c1ccccc1. The monoisotopic (exact) mass is 399 g/mol. The van der Waals surface area contributed by atoms with E-state index in [4.69, 9.17) is 4.98 Å². The molecule has 3 aromatic rings. The van der Waals surface area contributed by atoms with E-state index >= 15 is 0 Å². The smallest absolute Gasteiger partial charge is 0.225 e. The van der Waals surface area contributed by atoms with Crippen LogP contribution < -0.4 is 10.6 Å². The molecule has 6 heteroatoms. The summed E-state index contributed by atoms with van der Waals surface area (Å²) >= 11 is 3.28. The Morgan fingerprint density at radius 1 is 1.15 bits per heavy atom. The number of hydrogen-bond acceptors (Lipinski definition) is 5. The molecule has 0 unspecified atom stereocenters. The lowest BCUT2D eigenvalue weighted by Crippen LogP contribution is -2.34. The van der Waals surface area contributed by atoms with Gasteiger partial charge in [-0.05, 0) is 24.6 Å². The van der Waals surface area contributed by atoms with Gasteiger partial charge in [0.05, 0.1) is 23.2 Å². The third-order valence-corrected chi connectivity index (χ3v) is 6.04. The Morgan fingerprint density at radius 2 is 1.89 bits per heavy atom. The summed E-state index contributed by atoms with van der Waals surface area (Å²) in [5.74, 6) is 0.0625. The van der Waals surface area contributed by atoms with Gasteiger partial charge in [0, 0.05) is 15.7 Å². The molecule has 2 aromatic heterocycles. The number of aromatic nitrogens is 1. The molecule has 0 fully saturated rings. The molecule has 0 aliphatic carbocycles. The Hall–Kier alpha value is -2.18. The zero-order valence-electron chi connectivity index (χ0n) is 16.1. The summed E-state index contributed by atoms with van der Waals surface area (Å²) in [7, 11) is 0. The molecule has 1 amide bonds. The van der Waals surface area contributed by atoms with E-state index in [1.807, 2.05) is 39.0 Å². The molecule has 1 aromatic carbocycles. The van der Waals surface area contributed by atoms with Gasteiger partial charge in [-0.15, -0.1) is 22.7 Å². The highest BCUT2D eigenvalue weighted by atomic mass is 32.1. The fourth-order valence-corrected chi connectivity index (χ4v) is 4.29. The molecule has 0 radical (unpaired) electrons. The Bertz CT molecular complexity index is 894. The van der Waals surface area contributed by atoms with Gasteiger partial charge in [0.1, 0.15) is 0 Å². The van der Waals surface area contributed by atoms with Gasteiger partial charge >= 0.3 is 0 Å². The summed E-state index contributed by atoms with van der Waals surface area (Å²) in [6, 6.07) is 14.7. The summed E-state index contributed by atoms with van der Waals surface area (Å²) in [6.45, 7) is 8.45. The van der Waals surface area contributed by atoms with Crippen molar-refractivity contribution in [2.24, 2.45) is 5.41 Å². The number of hydrogen-bond donors (Lipinski definition) is 2. The Morgan fingerprint density at radius 3 is 2.59 bits per heavy atom. The molecular weight excluding hydrogens is 374 g/mol. The maximum atomic E-state index is 12.0. The van der Waals surface area contributed by atoms with Crippen LogP contribution in [0, 0.1) is 5.41 Å². The second-order valence-electron chi connectivity index (χ2n) is 7.51. The highest BCUT2D eigenvalue weighted by molar-refractivity contribution is 7.17. The van der Waals surface area contributed by atoms with Crippen LogP contribution in [0.4, 0.5) is 5.13 Å². The highest BCUT2D eigenvalue weighted by Gasteiger charge is 2.20. The van der Waals surface area contributed by atoms with Crippen LogP contribution in [0.3, 0.4) is 0 Å². The number of nitrogens with zero attached hydrogens (tertiary/aromatic N) is 1. The number of anilines is 1. The first-order chi connectivity index (χ1) is 12.8. The molecule has 0 spiro atoms. The molecule has 4 nitrogen and oxygen atoms in total. The van der Waals surface area contributed by atoms with Crippen molar-refractivity contribution in [1.82, 2.24) is 10.3 Å². The maximum absolute atomic E-state index is 12.0. The van der Waals surface area contributed by atoms with Gasteiger partial charge < -0.3 is 10.6 Å². The molecule has 0 saturated heterocycles. The molecule has 1 atom stereocenters. The Balaban J connectivity index is 1.62. The summed E-state index contributed by atoms with van der Waals surface area (Å²) in [5, 5.41) is 9.45. The van der Waals surface area contributed by atoms with Gasteiger partial charge in [-0.2, -0.15) is 0 Å². The fourth-order valence-electron chi connectivity index (χ4n) is 2.51. The lowest BCUT2D eigenvalue weighted by Gasteiger charge is -2.17. The fraction of sp³-hybridized carbons (Fsp3) is 0.333. The van der Waals surface area contributed by atoms with Gasteiger partial charge in [0.2, 0.25) is 5.91 Å². The van der Waals surface area contributed by atoms with Crippen LogP contribution in [0.5, 0.6) is 0 Å². The Kier molecular flexibility index (Phi) is 5.97. The van der Waals surface area contributed by atoms with Crippen molar-refractivity contribution < 1.29 is 4.79 Å². The van der Waals surface area contributed by atoms with Gasteiger partial charge in [-0.25, -0.2) is 4.98 Å². The van der Waals surface area contributed by atoms with Crippen LogP contribution >= 0.6 is 22.7 Å². The first-order valence-corrected chi connectivity index (χ1v) is 10.7. The number of thiazole rings is 1. The van der Waals surface area contributed by atoms with E-state index in [9.17, 15) is 4.79 Å². The average molecular weight is 400 g/mol. The van der Waals surface area contributed by atoms with Gasteiger partial charge in [0.25, 0.3) is 0 Å². The number of carbonyl (C=O) groups excluding carboxylic acids is 1. The molecule has 2 N–H and O–H groups in total. The van der Waals surface area contributed by atoms with Crippen molar-refractivity contribution in [3.8, 4) is 10.6 Å². The molecule has 0 bridgehead atoms. The zero-order chi connectivity index (χ0) is 19.4. The summed E-state index contributed by atoms with van der Waals surface area (Å²) < 4.78 is 0. The van der Waals surface area contributed by atoms with Crippen LogP contribution in [0.1, 0.15) is 44.2 Å². The number of nitrogens with one attached hydrogen (secondary N) is 2. The van der Waals surface area contributed by atoms with E-state index in [0.717, 1.165) is 20.6 Å². The van der Waals surface area contributed by atoms with Crippen molar-refractivity contribution in [2.45, 2.75) is 40.3 Å². The van der Waals surface area contributed by atoms with E-state index in [2.05, 4.69) is 47.2 Å². The zero-order valence-corrected chi connectivity index (χ0v) is 17.7. The second-order valence-corrected chi connectivity index (χ2v) is 9.54. The lowest BCUT2D eigenvalue weighted by atomic mass is 9.96. The minimum Gasteiger partial charge on any atom is -0.355 e. The predicted molar refractivity (Wildman–Crippen MR) is 115 cm³/mol. The molecule has 142 valence electrons. The standard InChI is InChI=1S/C21H25N3OS2/c1-14(15-8-6-5-7-9-15)23-20-24-17(13-26-20)18-11-10-16(27-18)12-22-19(25)21(2,3)4/h5-11,13-14H,12H2,1-4H3,(H,22,25)(H,23,24)/t14-/m0/s1. The van der Waals surface area contributed by atoms with E-state index in [1.165, 1.54) is 5.56 Å². The normalized spacial score (nSPS) is 12.6. The average Bonchev–Trinajstić information content (AvgIpc) is 3.28. The van der Waals surface area contributed by atoms with Crippen molar-refractivity contribution in [1.29, 1.82) is 0 Å². The maximum Gasteiger partial charge on any atom is 0.225 e. The largest absolute Gasteiger partial charge is 0.355 e. The number of amides is 1. The van der Waals surface area contributed by atoms with Crippen LogP contribution in [0.15, 0.2) is 47.8 Å². The molecular formula is C21H25N3OS2. The molecule has 3 rings (SSSR count). The number of thiophene rings is 1. The Labute approximate surface area is 168 Å². The van der Waals surface area contributed by atoms with Crippen molar-refractivity contribution >= 4 is 33.7 Å². The van der Waals surface area contributed by atoms with Crippen LogP contribution in [-0.4, -0.2) is 10.9 Å². The van der Waals surface area contributed by atoms with Crippen molar-refractivity contribution in [3.05, 3.63) is 58.3 Å². The van der Waals surface area contributed by atoms with Crippen LogP contribution in [0.2, 0.25) is 0 Å². The van der Waals surface area contributed by atoms with Crippen LogP contribution in [-0.2, 0) is 11.3 Å². The molecule has 27 heavy (non-hydrogen) atoms. The first-order valence-electron chi connectivity index (χ1n) is 8.97. The molecule has 0 aliphatic heterocycles. The second kappa shape index (κ2) is 8.23. The third-order valence-electron chi connectivity index (χ3n) is 4.16. The topological polar surface area (TPSA) is 54.0 Å². The molecule has 0 saturated carbocycles. The van der Waals surface area contributed by atoms with Gasteiger partial charge in [0.15, 0.2) is 5.13 Å². The quantitative estimate of drug-likeness (QED) is 0.558. The molecule has 2 heterocycles. The van der Waals surface area contributed by atoms with E-state index < -0.39 is 0 Å². The van der Waals surface area contributed by atoms with Crippen molar-refractivity contribution in [2.75, 3.05) is 5.32 Å². The van der Waals surface area contributed by atoms with Crippen LogP contribution in [0.25, 0.3) is 10.6 Å². The predicted octanol–water partition coefficient (Wildman–Crippen LogP) is 5.71. The van der Waals surface area contributed by atoms with E-state index in [0.29, 0.717) is 6.54 Å². The summed E-state index contributed by atoms with van der Waals surface area (Å²) in [6.07, 6.45) is 0. The first kappa shape index (κ1) is 19.6. The molecule has 0 aliphatic rings.